The lowest BCUT2D eigenvalue weighted by atomic mass is 10.0. The van der Waals surface area contributed by atoms with Crippen molar-refractivity contribution in [2.24, 2.45) is 5.92 Å². The van der Waals surface area contributed by atoms with Crippen LogP contribution in [-0.4, -0.2) is 49.3 Å². The van der Waals surface area contributed by atoms with Gasteiger partial charge in [0, 0.05) is 31.6 Å². The van der Waals surface area contributed by atoms with Crippen molar-refractivity contribution >= 4 is 23.9 Å². The SMILES string of the molecule is CCCCCCCCC(CCCCCCCC)OC(=O)CCCCCCC(=O)OCC(CC)COC(=O)CCCCCCC(=O)OC(CCCCCCCC)CCCCCCCC. The number of hydrogen-bond acceptors (Lipinski definition) is 8. The van der Waals surface area contributed by atoms with Crippen molar-refractivity contribution in [2.45, 2.75) is 310 Å². The quantitative estimate of drug-likeness (QED) is 0.0338. The van der Waals surface area contributed by atoms with Crippen molar-refractivity contribution in [1.29, 1.82) is 0 Å². The molecule has 0 radical (unpaired) electrons. The summed E-state index contributed by atoms with van der Waals surface area (Å²) < 4.78 is 23.0. The van der Waals surface area contributed by atoms with Crippen LogP contribution in [-0.2, 0) is 38.1 Å². The van der Waals surface area contributed by atoms with Gasteiger partial charge in [0.2, 0.25) is 0 Å². The van der Waals surface area contributed by atoms with E-state index in [0.29, 0.717) is 25.7 Å². The van der Waals surface area contributed by atoms with Crippen molar-refractivity contribution in [3.8, 4) is 0 Å². The summed E-state index contributed by atoms with van der Waals surface area (Å²) in [6.07, 6.45) is 43.0. The molecule has 0 N–H and O–H groups in total. The molecule has 8 nitrogen and oxygen atoms in total. The fourth-order valence-electron chi connectivity index (χ4n) is 8.26. The average Bonchev–Trinajstić information content (AvgIpc) is 3.27. The van der Waals surface area contributed by atoms with Crippen molar-refractivity contribution < 1.29 is 38.1 Å². The number of esters is 4. The van der Waals surface area contributed by atoms with Gasteiger partial charge in [-0.2, -0.15) is 0 Å². The highest BCUT2D eigenvalue weighted by atomic mass is 16.6. The van der Waals surface area contributed by atoms with Gasteiger partial charge in [-0.1, -0.05) is 189 Å². The third kappa shape index (κ3) is 43.5. The Kier molecular flexibility index (Phi) is 46.2. The molecule has 0 atom stereocenters. The summed E-state index contributed by atoms with van der Waals surface area (Å²) in [5, 5.41) is 0. The molecule has 0 aromatic heterocycles. The number of hydrogen-bond donors (Lipinski definition) is 0. The molecule has 0 rings (SSSR count). The van der Waals surface area contributed by atoms with Crippen molar-refractivity contribution in [3.05, 3.63) is 0 Å². The second-order valence-electron chi connectivity index (χ2n) is 18.9. The van der Waals surface area contributed by atoms with E-state index in [-0.39, 0.29) is 55.2 Å². The van der Waals surface area contributed by atoms with Crippen LogP contribution in [0.3, 0.4) is 0 Å². The number of carbonyl (C=O) groups is 4. The van der Waals surface area contributed by atoms with Gasteiger partial charge >= 0.3 is 23.9 Å². The fraction of sp³-hybridized carbons (Fsp3) is 0.927. The van der Waals surface area contributed by atoms with E-state index in [0.717, 1.165) is 109 Å². The minimum absolute atomic E-state index is 0.0215. The lowest BCUT2D eigenvalue weighted by Gasteiger charge is -2.18. The van der Waals surface area contributed by atoms with E-state index < -0.39 is 0 Å². The minimum Gasteiger partial charge on any atom is -0.465 e. The van der Waals surface area contributed by atoms with Gasteiger partial charge in [0.25, 0.3) is 0 Å². The second kappa shape index (κ2) is 47.8. The van der Waals surface area contributed by atoms with E-state index in [1.807, 2.05) is 6.92 Å². The van der Waals surface area contributed by atoms with Gasteiger partial charge in [-0.3, -0.25) is 19.2 Å². The van der Waals surface area contributed by atoms with Gasteiger partial charge in [-0.15, -0.1) is 0 Å². The van der Waals surface area contributed by atoms with Crippen LogP contribution in [0.4, 0.5) is 0 Å². The zero-order valence-electron chi connectivity index (χ0n) is 42.4. The third-order valence-electron chi connectivity index (χ3n) is 12.7. The molecular formula is C55H104O8. The predicted molar refractivity (Wildman–Crippen MR) is 263 cm³/mol. The zero-order valence-corrected chi connectivity index (χ0v) is 42.4. The maximum Gasteiger partial charge on any atom is 0.306 e. The van der Waals surface area contributed by atoms with E-state index in [1.54, 1.807) is 0 Å². The number of ether oxygens (including phenoxy) is 4. The Morgan fingerprint density at radius 2 is 0.540 bits per heavy atom. The number of rotatable bonds is 49. The Balaban J connectivity index is 4.19. The van der Waals surface area contributed by atoms with Crippen LogP contribution in [0.1, 0.15) is 298 Å². The molecule has 0 fully saturated rings. The van der Waals surface area contributed by atoms with E-state index >= 15 is 0 Å². The number of unbranched alkanes of at least 4 members (excludes halogenated alkanes) is 26. The van der Waals surface area contributed by atoms with Gasteiger partial charge in [-0.05, 0) is 83.5 Å². The zero-order chi connectivity index (χ0) is 46.3. The van der Waals surface area contributed by atoms with E-state index in [1.165, 1.54) is 128 Å². The normalized spacial score (nSPS) is 11.5. The van der Waals surface area contributed by atoms with Crippen molar-refractivity contribution in [1.82, 2.24) is 0 Å². The van der Waals surface area contributed by atoms with E-state index in [2.05, 4.69) is 27.7 Å². The molecule has 0 aromatic carbocycles. The molecular weight excluding hydrogens is 789 g/mol. The first-order chi connectivity index (χ1) is 30.8. The lowest BCUT2D eigenvalue weighted by molar-refractivity contribution is -0.151. The van der Waals surface area contributed by atoms with Gasteiger partial charge in [-0.25, -0.2) is 0 Å². The number of carbonyl (C=O) groups excluding carboxylic acids is 4. The monoisotopic (exact) mass is 893 g/mol. The molecule has 0 amide bonds. The van der Waals surface area contributed by atoms with E-state index in [9.17, 15) is 19.2 Å². The van der Waals surface area contributed by atoms with Crippen LogP contribution in [0.15, 0.2) is 0 Å². The smallest absolute Gasteiger partial charge is 0.306 e. The van der Waals surface area contributed by atoms with Crippen LogP contribution >= 0.6 is 0 Å². The summed E-state index contributed by atoms with van der Waals surface area (Å²) in [6, 6.07) is 0. The van der Waals surface area contributed by atoms with Crippen LogP contribution in [0.2, 0.25) is 0 Å². The summed E-state index contributed by atoms with van der Waals surface area (Å²) >= 11 is 0. The maximum absolute atomic E-state index is 12.7. The summed E-state index contributed by atoms with van der Waals surface area (Å²) in [4.78, 5) is 50.3. The standard InChI is InChI=1S/C55H104O8/c1-6-11-15-19-23-31-39-50(40-32-24-20-16-12-7-2)62-54(58)45-37-29-27-35-43-52(56)60-47-49(10-5)48-61-53(57)44-36-28-30-38-46-55(59)63-51(41-33-25-21-17-13-8-3)42-34-26-22-18-14-9-4/h49-51H,6-48H2,1-5H3. The van der Waals surface area contributed by atoms with E-state index in [4.69, 9.17) is 18.9 Å². The van der Waals surface area contributed by atoms with Crippen molar-refractivity contribution in [3.63, 3.8) is 0 Å². The Labute approximate surface area is 390 Å². The van der Waals surface area contributed by atoms with Crippen LogP contribution in [0.5, 0.6) is 0 Å². The molecule has 8 heteroatoms. The van der Waals surface area contributed by atoms with Gasteiger partial charge in [0.15, 0.2) is 0 Å². The second-order valence-corrected chi connectivity index (χ2v) is 18.9. The molecule has 0 aromatic rings. The summed E-state index contributed by atoms with van der Waals surface area (Å²) in [5.41, 5.74) is 0. The molecule has 0 unspecified atom stereocenters. The van der Waals surface area contributed by atoms with Crippen LogP contribution in [0.25, 0.3) is 0 Å². The van der Waals surface area contributed by atoms with Crippen LogP contribution in [0, 0.1) is 5.92 Å². The molecule has 63 heavy (non-hydrogen) atoms. The first-order valence-corrected chi connectivity index (χ1v) is 27.5. The molecule has 0 saturated heterocycles. The Morgan fingerprint density at radius 3 is 0.810 bits per heavy atom. The highest BCUT2D eigenvalue weighted by molar-refractivity contribution is 5.70. The largest absolute Gasteiger partial charge is 0.465 e. The Hall–Kier alpha value is -2.12. The molecule has 0 aliphatic heterocycles. The summed E-state index contributed by atoms with van der Waals surface area (Å²) in [5.74, 6) is -0.607. The molecule has 0 saturated carbocycles. The lowest BCUT2D eigenvalue weighted by Crippen LogP contribution is -2.20. The predicted octanol–water partition coefficient (Wildman–Crippen LogP) is 16.6. The summed E-state index contributed by atoms with van der Waals surface area (Å²) in [6.45, 7) is 11.5. The molecule has 0 bridgehead atoms. The highest BCUT2D eigenvalue weighted by Crippen LogP contribution is 2.20. The van der Waals surface area contributed by atoms with Gasteiger partial charge in [0.05, 0.1) is 13.2 Å². The Morgan fingerprint density at radius 1 is 0.302 bits per heavy atom. The minimum atomic E-state index is -0.221. The Bertz CT molecular complexity index is 920. The van der Waals surface area contributed by atoms with Crippen LogP contribution < -0.4 is 0 Å². The molecule has 0 heterocycles. The first kappa shape index (κ1) is 60.9. The first-order valence-electron chi connectivity index (χ1n) is 27.5. The molecule has 372 valence electrons. The highest BCUT2D eigenvalue weighted by Gasteiger charge is 2.17. The maximum atomic E-state index is 12.7. The third-order valence-corrected chi connectivity index (χ3v) is 12.7. The van der Waals surface area contributed by atoms with Gasteiger partial charge in [0.1, 0.15) is 12.2 Å². The molecule has 0 spiro atoms. The topological polar surface area (TPSA) is 105 Å². The fourth-order valence-corrected chi connectivity index (χ4v) is 8.26. The van der Waals surface area contributed by atoms with Gasteiger partial charge < -0.3 is 18.9 Å². The average molecular weight is 893 g/mol. The van der Waals surface area contributed by atoms with Crippen molar-refractivity contribution in [2.75, 3.05) is 13.2 Å². The molecule has 0 aliphatic rings. The summed E-state index contributed by atoms with van der Waals surface area (Å²) in [7, 11) is 0. The molecule has 0 aliphatic carbocycles.